The van der Waals surface area contributed by atoms with Gasteiger partial charge in [0.1, 0.15) is 0 Å². The van der Waals surface area contributed by atoms with Gasteiger partial charge in [0, 0.05) is 25.4 Å². The van der Waals surface area contributed by atoms with Crippen molar-refractivity contribution in [3.05, 3.63) is 18.2 Å². The summed E-state index contributed by atoms with van der Waals surface area (Å²) in [5.74, 6) is -0.162. The van der Waals surface area contributed by atoms with E-state index in [1.807, 2.05) is 0 Å². The lowest BCUT2D eigenvalue weighted by Crippen LogP contribution is -2.40. The standard InChI is InChI=1S/C7H12N4O.2ClH/c1-9-7(12)6(8)2-5-3-10-4-11-5;;/h3-4,6H,2,8H2,1H3,(H,9,12)(H,10,11);2*1H. The van der Waals surface area contributed by atoms with Crippen molar-refractivity contribution in [2.45, 2.75) is 12.5 Å². The third-order valence-electron chi connectivity index (χ3n) is 1.58. The van der Waals surface area contributed by atoms with E-state index in [4.69, 9.17) is 5.73 Å². The minimum absolute atomic E-state index is 0. The van der Waals surface area contributed by atoms with Gasteiger partial charge in [-0.3, -0.25) is 4.79 Å². The van der Waals surface area contributed by atoms with Gasteiger partial charge in [-0.05, 0) is 0 Å². The molecule has 0 aliphatic rings. The molecule has 7 heteroatoms. The van der Waals surface area contributed by atoms with Crippen molar-refractivity contribution in [1.82, 2.24) is 15.3 Å². The maximum atomic E-state index is 11.0. The number of rotatable bonds is 3. The van der Waals surface area contributed by atoms with Crippen LogP contribution >= 0.6 is 24.8 Å². The third kappa shape index (κ3) is 4.45. The van der Waals surface area contributed by atoms with Crippen molar-refractivity contribution in [1.29, 1.82) is 0 Å². The number of amides is 1. The summed E-state index contributed by atoms with van der Waals surface area (Å²) >= 11 is 0. The monoisotopic (exact) mass is 240 g/mol. The molecular weight excluding hydrogens is 227 g/mol. The van der Waals surface area contributed by atoms with Crippen LogP contribution in [-0.4, -0.2) is 29.0 Å². The van der Waals surface area contributed by atoms with Crippen LogP contribution in [0.25, 0.3) is 0 Å². The summed E-state index contributed by atoms with van der Waals surface area (Å²) in [6, 6.07) is -0.504. The van der Waals surface area contributed by atoms with Gasteiger partial charge in [-0.2, -0.15) is 0 Å². The Balaban J connectivity index is 0. The molecule has 1 amide bonds. The molecular formula is C7H14Cl2N4O. The number of carbonyl (C=O) groups excluding carboxylic acids is 1. The van der Waals surface area contributed by atoms with Crippen LogP contribution in [0, 0.1) is 0 Å². The highest BCUT2D eigenvalue weighted by molar-refractivity contribution is 5.85. The summed E-state index contributed by atoms with van der Waals surface area (Å²) in [6.45, 7) is 0. The molecule has 1 atom stereocenters. The van der Waals surface area contributed by atoms with Crippen molar-refractivity contribution < 1.29 is 4.79 Å². The molecule has 0 spiro atoms. The second-order valence-electron chi connectivity index (χ2n) is 2.50. The van der Waals surface area contributed by atoms with Crippen molar-refractivity contribution in [2.75, 3.05) is 7.05 Å². The molecule has 0 saturated heterocycles. The fraction of sp³-hybridized carbons (Fsp3) is 0.429. The number of hydrogen-bond donors (Lipinski definition) is 3. The molecule has 0 aliphatic carbocycles. The molecule has 5 nitrogen and oxygen atoms in total. The molecule has 4 N–H and O–H groups in total. The Morgan fingerprint density at radius 1 is 1.71 bits per heavy atom. The van der Waals surface area contributed by atoms with Crippen molar-refractivity contribution >= 4 is 30.7 Å². The summed E-state index contributed by atoms with van der Waals surface area (Å²) in [5, 5.41) is 2.48. The Morgan fingerprint density at radius 2 is 2.36 bits per heavy atom. The van der Waals surface area contributed by atoms with Crippen LogP contribution in [0.1, 0.15) is 5.69 Å². The molecule has 1 heterocycles. The maximum Gasteiger partial charge on any atom is 0.237 e. The molecule has 14 heavy (non-hydrogen) atoms. The molecule has 0 fully saturated rings. The number of likely N-dealkylation sites (N-methyl/N-ethyl adjacent to an activating group) is 1. The van der Waals surface area contributed by atoms with E-state index in [9.17, 15) is 4.79 Å². The van der Waals surface area contributed by atoms with Gasteiger partial charge in [-0.15, -0.1) is 24.8 Å². The Bertz CT molecular complexity index is 252. The average molecular weight is 241 g/mol. The lowest BCUT2D eigenvalue weighted by atomic mass is 10.2. The van der Waals surface area contributed by atoms with Gasteiger partial charge in [0.05, 0.1) is 12.4 Å². The topological polar surface area (TPSA) is 83.8 Å². The second kappa shape index (κ2) is 7.61. The molecule has 0 saturated carbocycles. The first-order valence-corrected chi connectivity index (χ1v) is 3.68. The number of H-pyrrole nitrogens is 1. The van der Waals surface area contributed by atoms with Crippen LogP contribution in [0.5, 0.6) is 0 Å². The van der Waals surface area contributed by atoms with Gasteiger partial charge in [0.2, 0.25) is 5.91 Å². The van der Waals surface area contributed by atoms with E-state index in [0.29, 0.717) is 6.42 Å². The van der Waals surface area contributed by atoms with Crippen molar-refractivity contribution in [2.24, 2.45) is 5.73 Å². The maximum absolute atomic E-state index is 11.0. The normalized spacial score (nSPS) is 10.7. The number of nitrogens with two attached hydrogens (primary N) is 1. The summed E-state index contributed by atoms with van der Waals surface area (Å²) in [6.07, 6.45) is 3.70. The van der Waals surface area contributed by atoms with Gasteiger partial charge >= 0.3 is 0 Å². The lowest BCUT2D eigenvalue weighted by Gasteiger charge is -2.07. The summed E-state index contributed by atoms with van der Waals surface area (Å²) in [4.78, 5) is 17.7. The number of aromatic nitrogens is 2. The highest BCUT2D eigenvalue weighted by Gasteiger charge is 2.12. The Kier molecular flexibility index (Phi) is 8.52. The van der Waals surface area contributed by atoms with Crippen LogP contribution < -0.4 is 11.1 Å². The smallest absolute Gasteiger partial charge is 0.237 e. The molecule has 0 bridgehead atoms. The van der Waals surface area contributed by atoms with E-state index in [-0.39, 0.29) is 30.7 Å². The number of nitrogens with zero attached hydrogens (tertiary/aromatic N) is 1. The van der Waals surface area contributed by atoms with E-state index in [1.54, 1.807) is 19.6 Å². The fourth-order valence-electron chi connectivity index (χ4n) is 0.911. The van der Waals surface area contributed by atoms with Crippen LogP contribution in [0.4, 0.5) is 0 Å². The summed E-state index contributed by atoms with van der Waals surface area (Å²) in [5.41, 5.74) is 6.43. The van der Waals surface area contributed by atoms with E-state index >= 15 is 0 Å². The molecule has 0 radical (unpaired) electrons. The minimum Gasteiger partial charge on any atom is -0.358 e. The Hall–Kier alpha value is -0.780. The molecule has 1 aromatic heterocycles. The molecule has 1 aromatic rings. The van der Waals surface area contributed by atoms with Crippen LogP contribution in [-0.2, 0) is 11.2 Å². The predicted molar refractivity (Wildman–Crippen MR) is 58.8 cm³/mol. The third-order valence-corrected chi connectivity index (χ3v) is 1.58. The SMILES string of the molecule is CNC(=O)C(N)Cc1cnc[nH]1.Cl.Cl. The number of carbonyl (C=O) groups is 1. The van der Waals surface area contributed by atoms with Crippen LogP contribution in [0.2, 0.25) is 0 Å². The average Bonchev–Trinajstić information content (AvgIpc) is 2.55. The van der Waals surface area contributed by atoms with Crippen molar-refractivity contribution in [3.63, 3.8) is 0 Å². The number of hydrogen-bond acceptors (Lipinski definition) is 3. The van der Waals surface area contributed by atoms with E-state index < -0.39 is 6.04 Å². The Morgan fingerprint density at radius 3 is 2.79 bits per heavy atom. The van der Waals surface area contributed by atoms with E-state index in [1.165, 1.54) is 0 Å². The molecule has 82 valence electrons. The first-order valence-electron chi connectivity index (χ1n) is 3.68. The zero-order chi connectivity index (χ0) is 8.97. The zero-order valence-electron chi connectivity index (χ0n) is 7.69. The first-order chi connectivity index (χ1) is 5.74. The van der Waals surface area contributed by atoms with Crippen LogP contribution in [0.15, 0.2) is 12.5 Å². The second-order valence-corrected chi connectivity index (χ2v) is 2.50. The van der Waals surface area contributed by atoms with Gasteiger partial charge < -0.3 is 16.0 Å². The number of halogens is 2. The number of aromatic amines is 1. The zero-order valence-corrected chi connectivity index (χ0v) is 9.32. The first kappa shape index (κ1) is 15.7. The van der Waals surface area contributed by atoms with Gasteiger partial charge in [0.25, 0.3) is 0 Å². The van der Waals surface area contributed by atoms with E-state index in [0.717, 1.165) is 5.69 Å². The summed E-state index contributed by atoms with van der Waals surface area (Å²) < 4.78 is 0. The summed E-state index contributed by atoms with van der Waals surface area (Å²) in [7, 11) is 1.56. The van der Waals surface area contributed by atoms with Gasteiger partial charge in [0.15, 0.2) is 0 Å². The largest absolute Gasteiger partial charge is 0.358 e. The minimum atomic E-state index is -0.504. The van der Waals surface area contributed by atoms with E-state index in [2.05, 4.69) is 15.3 Å². The van der Waals surface area contributed by atoms with Gasteiger partial charge in [-0.1, -0.05) is 0 Å². The Labute approximate surface area is 94.7 Å². The molecule has 0 aromatic carbocycles. The number of imidazole rings is 1. The highest BCUT2D eigenvalue weighted by Crippen LogP contribution is 1.95. The molecule has 1 rings (SSSR count). The molecule has 1 unspecified atom stereocenters. The van der Waals surface area contributed by atoms with Crippen molar-refractivity contribution in [3.8, 4) is 0 Å². The lowest BCUT2D eigenvalue weighted by molar-refractivity contribution is -0.121. The van der Waals surface area contributed by atoms with Crippen LogP contribution in [0.3, 0.4) is 0 Å². The van der Waals surface area contributed by atoms with Gasteiger partial charge in [-0.25, -0.2) is 4.98 Å². The predicted octanol–water partition coefficient (Wildman–Crippen LogP) is -0.131. The quantitative estimate of drug-likeness (QED) is 0.689. The molecule has 0 aliphatic heterocycles. The number of nitrogens with one attached hydrogen (secondary N) is 2. The highest BCUT2D eigenvalue weighted by atomic mass is 35.5. The fourth-order valence-corrected chi connectivity index (χ4v) is 0.911.